The van der Waals surface area contributed by atoms with Gasteiger partial charge in [0, 0.05) is 15.6 Å². The highest BCUT2D eigenvalue weighted by Crippen LogP contribution is 2.26. The van der Waals surface area contributed by atoms with E-state index in [-0.39, 0.29) is 6.04 Å². The van der Waals surface area contributed by atoms with Crippen molar-refractivity contribution in [1.29, 1.82) is 0 Å². The van der Waals surface area contributed by atoms with Crippen molar-refractivity contribution in [3.8, 4) is 0 Å². The van der Waals surface area contributed by atoms with Crippen LogP contribution in [0.1, 0.15) is 18.5 Å². The van der Waals surface area contributed by atoms with E-state index in [0.29, 0.717) is 13.2 Å². The number of benzene rings is 1. The van der Waals surface area contributed by atoms with Gasteiger partial charge in [-0.25, -0.2) is 0 Å². The molecule has 5 heteroatoms. The number of nitrogens with two attached hydrogens (primary N) is 1. The second kappa shape index (κ2) is 6.60. The minimum atomic E-state index is -0.00294. The molecule has 3 N–H and O–H groups in total. The van der Waals surface area contributed by atoms with Crippen LogP contribution in [0.5, 0.6) is 0 Å². The molecule has 0 saturated heterocycles. The lowest BCUT2D eigenvalue weighted by Gasteiger charge is -2.17. The Hall–Kier alpha value is 0.0600. The highest BCUT2D eigenvalue weighted by Gasteiger charge is 2.13. The molecular weight excluding hydrogens is 324 g/mol. The van der Waals surface area contributed by atoms with Gasteiger partial charge in [-0.2, -0.15) is 0 Å². The molecule has 15 heavy (non-hydrogen) atoms. The van der Waals surface area contributed by atoms with Gasteiger partial charge in [-0.3, -0.25) is 11.3 Å². The molecule has 0 heterocycles. The largest absolute Gasteiger partial charge is 0.380 e. The van der Waals surface area contributed by atoms with Crippen LogP contribution in [0.2, 0.25) is 0 Å². The number of halogens is 2. The van der Waals surface area contributed by atoms with Crippen molar-refractivity contribution >= 4 is 31.9 Å². The zero-order valence-corrected chi connectivity index (χ0v) is 11.6. The van der Waals surface area contributed by atoms with Crippen LogP contribution in [0, 0.1) is 0 Å². The molecule has 1 aromatic carbocycles. The lowest BCUT2D eigenvalue weighted by Crippen LogP contribution is -2.31. The molecule has 84 valence electrons. The third kappa shape index (κ3) is 3.85. The normalized spacial score (nSPS) is 12.8. The van der Waals surface area contributed by atoms with Crippen molar-refractivity contribution in [2.24, 2.45) is 5.84 Å². The van der Waals surface area contributed by atoms with Gasteiger partial charge >= 0.3 is 0 Å². The predicted octanol–water partition coefficient (Wildman–Crippen LogP) is 2.75. The summed E-state index contributed by atoms with van der Waals surface area (Å²) in [5, 5.41) is 0. The standard InChI is InChI=1S/C10H14Br2N2O/c1-2-15-6-10(14-13)8-5-7(11)3-4-9(8)12/h3-5,10,14H,2,6,13H2,1H3. The van der Waals surface area contributed by atoms with E-state index in [9.17, 15) is 0 Å². The fourth-order valence-electron chi connectivity index (χ4n) is 1.25. The summed E-state index contributed by atoms with van der Waals surface area (Å²) in [6.07, 6.45) is 0. The third-order valence-electron chi connectivity index (χ3n) is 2.02. The van der Waals surface area contributed by atoms with Crippen LogP contribution in [0.4, 0.5) is 0 Å². The monoisotopic (exact) mass is 336 g/mol. The molecule has 0 spiro atoms. The minimum Gasteiger partial charge on any atom is -0.380 e. The van der Waals surface area contributed by atoms with Crippen molar-refractivity contribution in [3.05, 3.63) is 32.7 Å². The highest BCUT2D eigenvalue weighted by atomic mass is 79.9. The van der Waals surface area contributed by atoms with Crippen LogP contribution in [0.3, 0.4) is 0 Å². The number of hydrogen-bond acceptors (Lipinski definition) is 3. The fraction of sp³-hybridized carbons (Fsp3) is 0.400. The van der Waals surface area contributed by atoms with Crippen molar-refractivity contribution in [2.75, 3.05) is 13.2 Å². The summed E-state index contributed by atoms with van der Waals surface area (Å²) < 4.78 is 7.40. The summed E-state index contributed by atoms with van der Waals surface area (Å²) >= 11 is 6.92. The van der Waals surface area contributed by atoms with Gasteiger partial charge < -0.3 is 4.74 Å². The summed E-state index contributed by atoms with van der Waals surface area (Å²) in [6.45, 7) is 3.20. The van der Waals surface area contributed by atoms with E-state index >= 15 is 0 Å². The maximum absolute atomic E-state index is 5.50. The Balaban J connectivity index is 2.85. The first-order valence-electron chi connectivity index (χ1n) is 4.67. The molecule has 0 aliphatic heterocycles. The van der Waals surface area contributed by atoms with Crippen molar-refractivity contribution in [1.82, 2.24) is 5.43 Å². The van der Waals surface area contributed by atoms with Crippen molar-refractivity contribution in [3.63, 3.8) is 0 Å². The molecule has 1 rings (SSSR count). The second-order valence-electron chi connectivity index (χ2n) is 3.04. The number of ether oxygens (including phenoxy) is 1. The molecule has 0 aromatic heterocycles. The molecule has 3 nitrogen and oxygen atoms in total. The zero-order valence-electron chi connectivity index (χ0n) is 8.47. The van der Waals surface area contributed by atoms with Gasteiger partial charge in [0.05, 0.1) is 12.6 Å². The zero-order chi connectivity index (χ0) is 11.3. The van der Waals surface area contributed by atoms with Gasteiger partial charge in [0.1, 0.15) is 0 Å². The fourth-order valence-corrected chi connectivity index (χ4v) is 2.15. The first-order valence-corrected chi connectivity index (χ1v) is 6.26. The van der Waals surface area contributed by atoms with E-state index in [2.05, 4.69) is 37.3 Å². The van der Waals surface area contributed by atoms with E-state index in [1.807, 2.05) is 25.1 Å². The Morgan fingerprint density at radius 3 is 2.80 bits per heavy atom. The van der Waals surface area contributed by atoms with Gasteiger partial charge in [0.15, 0.2) is 0 Å². The maximum Gasteiger partial charge on any atom is 0.0705 e. The quantitative estimate of drug-likeness (QED) is 0.641. The Labute approximate surface area is 107 Å². The Morgan fingerprint density at radius 1 is 1.47 bits per heavy atom. The second-order valence-corrected chi connectivity index (χ2v) is 4.81. The SMILES string of the molecule is CCOCC(NN)c1cc(Br)ccc1Br. The molecule has 0 fully saturated rings. The van der Waals surface area contributed by atoms with Gasteiger partial charge in [-0.05, 0) is 30.7 Å². The predicted molar refractivity (Wildman–Crippen MR) is 68.4 cm³/mol. The number of nitrogens with one attached hydrogen (secondary N) is 1. The van der Waals surface area contributed by atoms with Crippen LogP contribution in [-0.4, -0.2) is 13.2 Å². The van der Waals surface area contributed by atoms with Crippen molar-refractivity contribution in [2.45, 2.75) is 13.0 Å². The van der Waals surface area contributed by atoms with Crippen molar-refractivity contribution < 1.29 is 4.74 Å². The molecule has 1 aromatic rings. The first-order chi connectivity index (χ1) is 7.19. The Kier molecular flexibility index (Phi) is 5.78. The van der Waals surface area contributed by atoms with Crippen LogP contribution < -0.4 is 11.3 Å². The molecule has 1 atom stereocenters. The van der Waals surface area contributed by atoms with Gasteiger partial charge in [0.25, 0.3) is 0 Å². The molecule has 0 amide bonds. The van der Waals surface area contributed by atoms with E-state index in [1.165, 1.54) is 0 Å². The smallest absolute Gasteiger partial charge is 0.0705 e. The summed E-state index contributed by atoms with van der Waals surface area (Å²) in [7, 11) is 0. The molecule has 0 radical (unpaired) electrons. The van der Waals surface area contributed by atoms with E-state index in [4.69, 9.17) is 10.6 Å². The van der Waals surface area contributed by atoms with E-state index in [1.54, 1.807) is 0 Å². The lowest BCUT2D eigenvalue weighted by atomic mass is 10.1. The number of hydrogen-bond donors (Lipinski definition) is 2. The summed E-state index contributed by atoms with van der Waals surface area (Å²) in [5.74, 6) is 5.50. The Bertz CT molecular complexity index is 320. The number of rotatable bonds is 5. The van der Waals surface area contributed by atoms with Crippen LogP contribution in [0.15, 0.2) is 27.1 Å². The van der Waals surface area contributed by atoms with Crippen LogP contribution >= 0.6 is 31.9 Å². The summed E-state index contributed by atoms with van der Waals surface area (Å²) in [4.78, 5) is 0. The van der Waals surface area contributed by atoms with Gasteiger partial charge in [0.2, 0.25) is 0 Å². The molecule has 0 bridgehead atoms. The van der Waals surface area contributed by atoms with Gasteiger partial charge in [-0.1, -0.05) is 31.9 Å². The average Bonchev–Trinajstić information content (AvgIpc) is 2.24. The van der Waals surface area contributed by atoms with E-state index < -0.39 is 0 Å². The minimum absolute atomic E-state index is 0.00294. The van der Waals surface area contributed by atoms with Gasteiger partial charge in [-0.15, -0.1) is 0 Å². The van der Waals surface area contributed by atoms with Crippen LogP contribution in [0.25, 0.3) is 0 Å². The lowest BCUT2D eigenvalue weighted by molar-refractivity contribution is 0.123. The summed E-state index contributed by atoms with van der Waals surface area (Å²) in [6, 6.07) is 5.97. The summed E-state index contributed by atoms with van der Waals surface area (Å²) in [5.41, 5.74) is 3.83. The molecule has 0 aliphatic rings. The first kappa shape index (κ1) is 13.1. The number of hydrazine groups is 1. The Morgan fingerprint density at radius 2 is 2.20 bits per heavy atom. The molecule has 1 unspecified atom stereocenters. The van der Waals surface area contributed by atoms with E-state index in [0.717, 1.165) is 14.5 Å². The van der Waals surface area contributed by atoms with Crippen LogP contribution in [-0.2, 0) is 4.74 Å². The average molecular weight is 338 g/mol. The third-order valence-corrected chi connectivity index (χ3v) is 3.24. The molecule has 0 aliphatic carbocycles. The molecule has 0 saturated carbocycles. The maximum atomic E-state index is 5.50. The highest BCUT2D eigenvalue weighted by molar-refractivity contribution is 9.11. The topological polar surface area (TPSA) is 47.3 Å². The molecular formula is C10H14Br2N2O.